The fourth-order valence-corrected chi connectivity index (χ4v) is 3.48. The molecule has 27 heavy (non-hydrogen) atoms. The zero-order valence-corrected chi connectivity index (χ0v) is 15.1. The van der Waals surface area contributed by atoms with Gasteiger partial charge in [0.05, 0.1) is 0 Å². The van der Waals surface area contributed by atoms with Crippen molar-refractivity contribution in [2.45, 2.75) is 45.3 Å². The molecular formula is C19H20F3N3O2. The van der Waals surface area contributed by atoms with Crippen molar-refractivity contribution in [1.29, 1.82) is 0 Å². The lowest BCUT2D eigenvalue weighted by Gasteiger charge is -2.18. The molecule has 3 heterocycles. The van der Waals surface area contributed by atoms with Crippen LogP contribution in [0.2, 0.25) is 0 Å². The van der Waals surface area contributed by atoms with Gasteiger partial charge in [-0.25, -0.2) is 9.67 Å². The fraction of sp³-hybridized carbons (Fsp3) is 0.474. The SMILES string of the molecule is Cc1ccc2c(C)c(-c3nc(C4CCOCC4)nn3CC(F)(F)F)oc2c1. The van der Waals surface area contributed by atoms with Gasteiger partial charge in [-0.15, -0.1) is 0 Å². The summed E-state index contributed by atoms with van der Waals surface area (Å²) >= 11 is 0. The van der Waals surface area contributed by atoms with Crippen LogP contribution in [0.4, 0.5) is 13.2 Å². The second-order valence-corrected chi connectivity index (χ2v) is 7.01. The smallest absolute Gasteiger partial charge is 0.408 e. The summed E-state index contributed by atoms with van der Waals surface area (Å²) in [6.45, 7) is 3.70. The molecule has 1 saturated heterocycles. The summed E-state index contributed by atoms with van der Waals surface area (Å²) in [5, 5.41) is 5.06. The summed E-state index contributed by atoms with van der Waals surface area (Å²) in [4.78, 5) is 4.47. The van der Waals surface area contributed by atoms with E-state index >= 15 is 0 Å². The number of hydrogen-bond acceptors (Lipinski definition) is 4. The molecular weight excluding hydrogens is 359 g/mol. The van der Waals surface area contributed by atoms with Gasteiger partial charge in [-0.1, -0.05) is 12.1 Å². The van der Waals surface area contributed by atoms with E-state index in [1.54, 1.807) is 0 Å². The van der Waals surface area contributed by atoms with Crippen LogP contribution in [0.15, 0.2) is 22.6 Å². The molecule has 0 amide bonds. The first-order chi connectivity index (χ1) is 12.8. The van der Waals surface area contributed by atoms with E-state index in [9.17, 15) is 13.2 Å². The molecule has 1 aliphatic rings. The minimum absolute atomic E-state index is 0.00101. The molecule has 0 bridgehead atoms. The van der Waals surface area contributed by atoms with Crippen LogP contribution in [-0.4, -0.2) is 34.2 Å². The molecule has 0 radical (unpaired) electrons. The Morgan fingerprint density at radius 1 is 1.19 bits per heavy atom. The molecule has 1 aromatic carbocycles. The minimum atomic E-state index is -4.40. The lowest BCUT2D eigenvalue weighted by molar-refractivity contribution is -0.142. The van der Waals surface area contributed by atoms with E-state index in [2.05, 4.69) is 10.1 Å². The number of hydrogen-bond donors (Lipinski definition) is 0. The van der Waals surface area contributed by atoms with Crippen LogP contribution in [0, 0.1) is 13.8 Å². The van der Waals surface area contributed by atoms with Crippen molar-refractivity contribution in [3.63, 3.8) is 0 Å². The monoisotopic (exact) mass is 379 g/mol. The van der Waals surface area contributed by atoms with Crippen molar-refractivity contribution in [2.24, 2.45) is 0 Å². The summed E-state index contributed by atoms with van der Waals surface area (Å²) in [5.74, 6) is 0.887. The van der Waals surface area contributed by atoms with Crippen LogP contribution < -0.4 is 0 Å². The zero-order valence-electron chi connectivity index (χ0n) is 15.1. The Hall–Kier alpha value is -2.35. The first-order valence-electron chi connectivity index (χ1n) is 8.91. The Morgan fingerprint density at radius 3 is 2.63 bits per heavy atom. The highest BCUT2D eigenvalue weighted by atomic mass is 19.4. The summed E-state index contributed by atoms with van der Waals surface area (Å²) in [6.07, 6.45) is -2.99. The van der Waals surface area contributed by atoms with Crippen LogP contribution in [0.25, 0.3) is 22.6 Å². The average Bonchev–Trinajstić information content (AvgIpc) is 3.15. The predicted molar refractivity (Wildman–Crippen MR) is 93.6 cm³/mol. The number of alkyl halides is 3. The van der Waals surface area contributed by atoms with Gasteiger partial charge in [0.1, 0.15) is 12.1 Å². The standard InChI is InChI=1S/C19H20F3N3O2/c1-11-3-4-14-12(2)16(27-15(14)9-11)18-23-17(13-5-7-26-8-6-13)24-25(18)10-19(20,21)22/h3-4,9,13H,5-8,10H2,1-2H3. The molecule has 8 heteroatoms. The molecule has 0 N–H and O–H groups in total. The van der Waals surface area contributed by atoms with Crippen molar-refractivity contribution in [1.82, 2.24) is 14.8 Å². The van der Waals surface area contributed by atoms with E-state index in [1.807, 2.05) is 32.0 Å². The molecule has 1 fully saturated rings. The number of aryl methyl sites for hydroxylation is 2. The Balaban J connectivity index is 1.82. The normalized spacial score (nSPS) is 16.3. The highest BCUT2D eigenvalue weighted by molar-refractivity contribution is 5.87. The van der Waals surface area contributed by atoms with E-state index in [0.29, 0.717) is 43.2 Å². The van der Waals surface area contributed by atoms with Gasteiger partial charge in [0.15, 0.2) is 17.4 Å². The van der Waals surface area contributed by atoms with Crippen LogP contribution in [-0.2, 0) is 11.3 Å². The number of nitrogens with zero attached hydrogens (tertiary/aromatic N) is 3. The molecule has 5 nitrogen and oxygen atoms in total. The Morgan fingerprint density at radius 2 is 1.93 bits per heavy atom. The maximum Gasteiger partial charge on any atom is 0.408 e. The Bertz CT molecular complexity index is 969. The average molecular weight is 379 g/mol. The summed E-state index contributed by atoms with van der Waals surface area (Å²) < 4.78 is 51.5. The molecule has 0 aliphatic carbocycles. The number of ether oxygens (including phenoxy) is 1. The van der Waals surface area contributed by atoms with Gasteiger partial charge >= 0.3 is 6.18 Å². The van der Waals surface area contributed by atoms with Crippen molar-refractivity contribution in [3.05, 3.63) is 35.2 Å². The Kier molecular flexibility index (Phi) is 4.46. The number of rotatable bonds is 3. The third-order valence-corrected chi connectivity index (χ3v) is 4.90. The highest BCUT2D eigenvalue weighted by Crippen LogP contribution is 2.35. The largest absolute Gasteiger partial charge is 0.452 e. The number of halogens is 3. The van der Waals surface area contributed by atoms with Gasteiger partial charge < -0.3 is 9.15 Å². The summed E-state index contributed by atoms with van der Waals surface area (Å²) in [7, 11) is 0. The van der Waals surface area contributed by atoms with E-state index in [-0.39, 0.29) is 11.7 Å². The first-order valence-corrected chi connectivity index (χ1v) is 8.91. The first kappa shape index (κ1) is 18.0. The van der Waals surface area contributed by atoms with Crippen molar-refractivity contribution in [2.75, 3.05) is 13.2 Å². The molecule has 144 valence electrons. The molecule has 2 aromatic heterocycles. The fourth-order valence-electron chi connectivity index (χ4n) is 3.48. The highest BCUT2D eigenvalue weighted by Gasteiger charge is 2.33. The summed E-state index contributed by atoms with van der Waals surface area (Å²) in [6, 6.07) is 5.73. The molecule has 1 aliphatic heterocycles. The number of fused-ring (bicyclic) bond motifs is 1. The van der Waals surface area contributed by atoms with Crippen LogP contribution >= 0.6 is 0 Å². The van der Waals surface area contributed by atoms with Gasteiger partial charge in [0.25, 0.3) is 0 Å². The van der Waals surface area contributed by atoms with E-state index in [1.165, 1.54) is 0 Å². The predicted octanol–water partition coefficient (Wildman–Crippen LogP) is 4.76. The lowest BCUT2D eigenvalue weighted by Crippen LogP contribution is -2.20. The van der Waals surface area contributed by atoms with Gasteiger partial charge in [-0.05, 0) is 38.3 Å². The van der Waals surface area contributed by atoms with Crippen molar-refractivity contribution < 1.29 is 22.3 Å². The third-order valence-electron chi connectivity index (χ3n) is 4.90. The maximum atomic E-state index is 13.1. The third kappa shape index (κ3) is 3.58. The van der Waals surface area contributed by atoms with E-state index < -0.39 is 12.7 Å². The van der Waals surface area contributed by atoms with Crippen LogP contribution in [0.3, 0.4) is 0 Å². The second kappa shape index (κ2) is 6.67. The number of furan rings is 1. The van der Waals surface area contributed by atoms with Crippen LogP contribution in [0.5, 0.6) is 0 Å². The van der Waals surface area contributed by atoms with Gasteiger partial charge in [0, 0.05) is 30.1 Å². The van der Waals surface area contributed by atoms with Crippen LogP contribution in [0.1, 0.15) is 35.7 Å². The molecule has 4 rings (SSSR count). The van der Waals surface area contributed by atoms with Crippen molar-refractivity contribution >= 4 is 11.0 Å². The zero-order chi connectivity index (χ0) is 19.2. The molecule has 0 saturated carbocycles. The lowest BCUT2D eigenvalue weighted by atomic mass is 10.00. The minimum Gasteiger partial charge on any atom is -0.452 e. The maximum absolute atomic E-state index is 13.1. The van der Waals surface area contributed by atoms with Gasteiger partial charge in [0.2, 0.25) is 0 Å². The molecule has 0 atom stereocenters. The number of aromatic nitrogens is 3. The number of benzene rings is 1. The van der Waals surface area contributed by atoms with Gasteiger partial charge in [-0.3, -0.25) is 0 Å². The molecule has 0 spiro atoms. The molecule has 3 aromatic rings. The van der Waals surface area contributed by atoms with Crippen molar-refractivity contribution in [3.8, 4) is 11.6 Å². The second-order valence-electron chi connectivity index (χ2n) is 7.01. The van der Waals surface area contributed by atoms with E-state index in [4.69, 9.17) is 9.15 Å². The molecule has 0 unspecified atom stereocenters. The topological polar surface area (TPSA) is 53.1 Å². The Labute approximate surface area is 154 Å². The quantitative estimate of drug-likeness (QED) is 0.658. The van der Waals surface area contributed by atoms with E-state index in [0.717, 1.165) is 21.2 Å². The summed E-state index contributed by atoms with van der Waals surface area (Å²) in [5.41, 5.74) is 2.42. The van der Waals surface area contributed by atoms with Gasteiger partial charge in [-0.2, -0.15) is 18.3 Å².